The number of nitrogens with one attached hydrogen (secondary N) is 1. The largest absolute Gasteiger partial charge is 0.489 e. The molecule has 3 aromatic rings. The maximum atomic E-state index is 13.7. The summed E-state index contributed by atoms with van der Waals surface area (Å²) >= 11 is 3.51. The second-order valence-corrected chi connectivity index (χ2v) is 9.57. The van der Waals surface area contributed by atoms with Crippen LogP contribution in [0.2, 0.25) is 0 Å². The predicted octanol–water partition coefficient (Wildman–Crippen LogP) is 5.68. The number of dihydropyridines is 1. The molecule has 0 saturated carbocycles. The van der Waals surface area contributed by atoms with E-state index in [1.807, 2.05) is 18.2 Å². The Kier molecular flexibility index (Phi) is 6.39. The number of ketones is 1. The summed E-state index contributed by atoms with van der Waals surface area (Å²) < 4.78 is 12.0. The fourth-order valence-electron chi connectivity index (χ4n) is 4.82. The second kappa shape index (κ2) is 9.67. The zero-order valence-corrected chi connectivity index (χ0v) is 21.5. The van der Waals surface area contributed by atoms with E-state index in [2.05, 4.69) is 21.2 Å². The number of non-ortho nitro benzene ring substituents is 1. The molecule has 3 aromatic carbocycles. The quantitative estimate of drug-likeness (QED) is 0.235. The number of carbonyl (C=O) groups excluding carboxylic acids is 2. The van der Waals surface area contributed by atoms with Crippen molar-refractivity contribution < 1.29 is 24.0 Å². The molecule has 1 heterocycles. The number of allylic oxidation sites excluding steroid dienone is 2. The number of nitrogens with zero attached hydrogens (tertiary/aromatic N) is 1. The number of esters is 1. The number of carbonyl (C=O) groups is 2. The van der Waals surface area contributed by atoms with E-state index in [1.54, 1.807) is 43.3 Å². The highest BCUT2D eigenvalue weighted by molar-refractivity contribution is 9.10. The molecule has 8 nitrogen and oxygen atoms in total. The zero-order valence-electron chi connectivity index (χ0n) is 19.9. The molecule has 1 atom stereocenters. The van der Waals surface area contributed by atoms with Crippen LogP contribution >= 0.6 is 15.9 Å². The van der Waals surface area contributed by atoms with Crippen LogP contribution in [0.25, 0.3) is 5.70 Å². The summed E-state index contributed by atoms with van der Waals surface area (Å²) in [6.45, 7) is 1.83. The molecule has 0 spiro atoms. The highest BCUT2D eigenvalue weighted by Crippen LogP contribution is 2.49. The van der Waals surface area contributed by atoms with E-state index < -0.39 is 16.8 Å². The van der Waals surface area contributed by atoms with Crippen molar-refractivity contribution in [2.24, 2.45) is 0 Å². The molecule has 0 saturated heterocycles. The van der Waals surface area contributed by atoms with Gasteiger partial charge in [0.05, 0.1) is 29.2 Å². The highest BCUT2D eigenvalue weighted by Gasteiger charge is 2.43. The second-order valence-electron chi connectivity index (χ2n) is 8.65. The minimum atomic E-state index is -0.763. The lowest BCUT2D eigenvalue weighted by atomic mass is 9.79. The standard InChI is InChI=1S/C28H21BrN2O6/c1-15-23(28(33)36-2)24(25-26(30-15)19-8-3-4-9-20(19)27(25)32)21-13-17(29)10-11-22(21)37-14-16-6-5-7-18(12-16)31(34)35/h3-13,24,30H,14H2,1-2H3/t24-/m1/s1. The molecule has 0 aromatic heterocycles. The van der Waals surface area contributed by atoms with Crippen molar-refractivity contribution in [1.82, 2.24) is 5.32 Å². The molecular formula is C28H21BrN2O6. The van der Waals surface area contributed by atoms with Gasteiger partial charge in [0.15, 0.2) is 5.78 Å². The van der Waals surface area contributed by atoms with E-state index in [0.29, 0.717) is 45.0 Å². The average molecular weight is 561 g/mol. The summed E-state index contributed by atoms with van der Waals surface area (Å²) in [4.78, 5) is 37.4. The minimum Gasteiger partial charge on any atom is -0.489 e. The third-order valence-corrected chi connectivity index (χ3v) is 6.95. The van der Waals surface area contributed by atoms with Gasteiger partial charge < -0.3 is 14.8 Å². The number of hydrogen-bond acceptors (Lipinski definition) is 7. The van der Waals surface area contributed by atoms with Crippen LogP contribution in [0.1, 0.15) is 39.9 Å². The first kappa shape index (κ1) is 24.5. The van der Waals surface area contributed by atoms with Crippen molar-refractivity contribution in [3.05, 3.63) is 120 Å². The Hall–Kier alpha value is -4.24. The molecule has 9 heteroatoms. The van der Waals surface area contributed by atoms with Gasteiger partial charge in [0.1, 0.15) is 12.4 Å². The van der Waals surface area contributed by atoms with Crippen molar-refractivity contribution in [3.63, 3.8) is 0 Å². The van der Waals surface area contributed by atoms with Gasteiger partial charge in [0.25, 0.3) is 5.69 Å². The number of benzene rings is 3. The molecule has 1 N–H and O–H groups in total. The molecule has 2 aliphatic rings. The Labute approximate surface area is 220 Å². The van der Waals surface area contributed by atoms with Crippen molar-refractivity contribution in [2.45, 2.75) is 19.4 Å². The summed E-state index contributed by atoms with van der Waals surface area (Å²) in [5.41, 5.74) is 4.46. The summed E-state index contributed by atoms with van der Waals surface area (Å²) in [5, 5.41) is 14.4. The van der Waals surface area contributed by atoms with Crippen LogP contribution in [-0.2, 0) is 16.1 Å². The first-order valence-corrected chi connectivity index (χ1v) is 12.2. The molecule has 0 radical (unpaired) electrons. The number of methoxy groups -OCH3 is 1. The maximum Gasteiger partial charge on any atom is 0.336 e. The van der Waals surface area contributed by atoms with Crippen molar-refractivity contribution in [3.8, 4) is 5.75 Å². The number of hydrogen-bond donors (Lipinski definition) is 1. The Morgan fingerprint density at radius 2 is 1.84 bits per heavy atom. The van der Waals surface area contributed by atoms with Gasteiger partial charge in [-0.15, -0.1) is 0 Å². The maximum absolute atomic E-state index is 13.7. The molecule has 186 valence electrons. The topological polar surface area (TPSA) is 108 Å². The monoisotopic (exact) mass is 560 g/mol. The first-order chi connectivity index (χ1) is 17.8. The Bertz CT molecular complexity index is 1540. The Morgan fingerprint density at radius 3 is 2.57 bits per heavy atom. The fourth-order valence-corrected chi connectivity index (χ4v) is 5.20. The van der Waals surface area contributed by atoms with Crippen molar-refractivity contribution in [2.75, 3.05) is 7.11 Å². The van der Waals surface area contributed by atoms with Gasteiger partial charge in [0, 0.05) is 44.6 Å². The number of halogens is 1. The third-order valence-electron chi connectivity index (χ3n) is 6.45. The van der Waals surface area contributed by atoms with Gasteiger partial charge >= 0.3 is 5.97 Å². The van der Waals surface area contributed by atoms with Crippen molar-refractivity contribution in [1.29, 1.82) is 0 Å². The van der Waals surface area contributed by atoms with Gasteiger partial charge in [0.2, 0.25) is 0 Å². The molecule has 1 aliphatic carbocycles. The number of rotatable bonds is 6. The minimum absolute atomic E-state index is 0.0360. The Morgan fingerprint density at radius 1 is 1.08 bits per heavy atom. The lowest BCUT2D eigenvalue weighted by molar-refractivity contribution is -0.384. The number of nitro benzene ring substituents is 1. The van der Waals surface area contributed by atoms with Gasteiger partial charge in [-0.25, -0.2) is 4.79 Å². The summed E-state index contributed by atoms with van der Waals surface area (Å²) in [5.74, 6) is -1.07. The lowest BCUT2D eigenvalue weighted by Crippen LogP contribution is -2.29. The van der Waals surface area contributed by atoms with E-state index in [9.17, 15) is 19.7 Å². The summed E-state index contributed by atoms with van der Waals surface area (Å²) in [7, 11) is 1.30. The SMILES string of the molecule is COC(=O)C1=C(C)NC2=C(C(=O)c3ccccc32)[C@@H]1c1cc(Br)ccc1OCc1cccc([N+](=O)[O-])c1. The molecule has 5 rings (SSSR count). The number of fused-ring (bicyclic) bond motifs is 2. The first-order valence-electron chi connectivity index (χ1n) is 11.4. The number of Topliss-reactive ketones (excluding diaryl/α,β-unsaturated/α-hetero) is 1. The fraction of sp³-hybridized carbons (Fsp3) is 0.143. The van der Waals surface area contributed by atoms with E-state index in [4.69, 9.17) is 9.47 Å². The van der Waals surface area contributed by atoms with Gasteiger partial charge in [-0.3, -0.25) is 14.9 Å². The lowest BCUT2D eigenvalue weighted by Gasteiger charge is -2.30. The van der Waals surface area contributed by atoms with Crippen LogP contribution in [0.15, 0.2) is 88.0 Å². The molecule has 0 unspecified atom stereocenters. The van der Waals surface area contributed by atoms with Gasteiger partial charge in [-0.05, 0) is 30.7 Å². The summed E-state index contributed by atoms with van der Waals surface area (Å²) in [6.07, 6.45) is 0. The molecular weight excluding hydrogens is 540 g/mol. The number of ether oxygens (including phenoxy) is 2. The third kappa shape index (κ3) is 4.31. The van der Waals surface area contributed by atoms with E-state index in [1.165, 1.54) is 19.2 Å². The molecule has 0 amide bonds. The predicted molar refractivity (Wildman–Crippen MR) is 140 cm³/mol. The van der Waals surface area contributed by atoms with Gasteiger partial charge in [-0.2, -0.15) is 0 Å². The molecule has 0 fully saturated rings. The van der Waals surface area contributed by atoms with Crippen LogP contribution in [-0.4, -0.2) is 23.8 Å². The molecule has 0 bridgehead atoms. The van der Waals surface area contributed by atoms with Crippen LogP contribution in [0.3, 0.4) is 0 Å². The average Bonchev–Trinajstić information content (AvgIpc) is 3.18. The number of nitro groups is 1. The normalized spacial score (nSPS) is 16.2. The van der Waals surface area contributed by atoms with E-state index >= 15 is 0 Å². The van der Waals surface area contributed by atoms with Crippen LogP contribution in [0, 0.1) is 10.1 Å². The van der Waals surface area contributed by atoms with Crippen molar-refractivity contribution >= 4 is 39.1 Å². The van der Waals surface area contributed by atoms with E-state index in [-0.39, 0.29) is 18.1 Å². The van der Waals surface area contributed by atoms with E-state index in [0.717, 1.165) is 10.0 Å². The van der Waals surface area contributed by atoms with Gasteiger partial charge in [-0.1, -0.05) is 52.3 Å². The van der Waals surface area contributed by atoms with Crippen LogP contribution < -0.4 is 10.1 Å². The smallest absolute Gasteiger partial charge is 0.336 e. The van der Waals surface area contributed by atoms with Crippen LogP contribution in [0.5, 0.6) is 5.75 Å². The highest BCUT2D eigenvalue weighted by atomic mass is 79.9. The molecule has 37 heavy (non-hydrogen) atoms. The summed E-state index contributed by atoms with van der Waals surface area (Å²) in [6, 6.07) is 18.9. The molecule has 1 aliphatic heterocycles. The zero-order chi connectivity index (χ0) is 26.3. The van der Waals surface area contributed by atoms with Crippen LogP contribution in [0.4, 0.5) is 5.69 Å². The Balaban J connectivity index is 1.62.